The van der Waals surface area contributed by atoms with Gasteiger partial charge in [0.05, 0.1) is 0 Å². The van der Waals surface area contributed by atoms with Gasteiger partial charge in [0.25, 0.3) is 0 Å². The third-order valence-electron chi connectivity index (χ3n) is 1.88. The van der Waals surface area contributed by atoms with Crippen molar-refractivity contribution in [3.05, 3.63) is 60.7 Å². The lowest BCUT2D eigenvalue weighted by Crippen LogP contribution is -1.73. The molecule has 0 aromatic heterocycles. The third-order valence-corrected chi connectivity index (χ3v) is 1.88. The first-order chi connectivity index (χ1) is 6.97. The topological polar surface area (TPSA) is 0 Å². The van der Waals surface area contributed by atoms with E-state index in [2.05, 4.69) is 48.5 Å². The van der Waals surface area contributed by atoms with Crippen molar-refractivity contribution in [1.29, 1.82) is 0 Å². The van der Waals surface area contributed by atoms with Gasteiger partial charge in [-0.1, -0.05) is 81.9 Å². The highest BCUT2D eigenvalue weighted by Crippen LogP contribution is 2.17. The average molecular weight is 200 g/mol. The molecule has 0 N–H and O–H groups in total. The van der Waals surface area contributed by atoms with E-state index >= 15 is 0 Å². The predicted molar refractivity (Wildman–Crippen MR) is 70.0 cm³/mol. The molecule has 2 aromatic carbocycles. The molecule has 80 valence electrons. The van der Waals surface area contributed by atoms with Crippen LogP contribution in [0.5, 0.6) is 0 Å². The highest BCUT2D eigenvalue weighted by Gasteiger charge is 1.91. The Kier molecular flexibility index (Phi) is 7.00. The highest BCUT2D eigenvalue weighted by molar-refractivity contribution is 5.62. The second kappa shape index (κ2) is 7.81. The first kappa shape index (κ1) is 13.4. The fourth-order valence-corrected chi connectivity index (χ4v) is 1.26. The Morgan fingerprint density at radius 2 is 0.800 bits per heavy atom. The molecule has 0 aliphatic carbocycles. The van der Waals surface area contributed by atoms with E-state index in [1.165, 1.54) is 11.1 Å². The van der Waals surface area contributed by atoms with E-state index < -0.39 is 0 Å². The lowest BCUT2D eigenvalue weighted by atomic mass is 10.1. The first-order valence-electron chi connectivity index (χ1n) is 5.07. The molecule has 0 fully saturated rings. The van der Waals surface area contributed by atoms with Gasteiger partial charge in [-0.15, -0.1) is 0 Å². The van der Waals surface area contributed by atoms with Crippen molar-refractivity contribution in [3.63, 3.8) is 0 Å². The van der Waals surface area contributed by atoms with Gasteiger partial charge < -0.3 is 0 Å². The maximum absolute atomic E-state index is 2.12. The van der Waals surface area contributed by atoms with Gasteiger partial charge in [0.2, 0.25) is 0 Å². The summed E-state index contributed by atoms with van der Waals surface area (Å²) in [5.74, 6) is 0. The summed E-state index contributed by atoms with van der Waals surface area (Å²) in [6.07, 6.45) is 0. The van der Waals surface area contributed by atoms with E-state index in [1.807, 2.05) is 26.0 Å². The van der Waals surface area contributed by atoms with Crippen LogP contribution in [0.3, 0.4) is 0 Å². The van der Waals surface area contributed by atoms with Crippen LogP contribution < -0.4 is 0 Å². The fourth-order valence-electron chi connectivity index (χ4n) is 1.26. The lowest BCUT2D eigenvalue weighted by Gasteiger charge is -1.98. The van der Waals surface area contributed by atoms with Crippen LogP contribution in [0.4, 0.5) is 0 Å². The van der Waals surface area contributed by atoms with Crippen LogP contribution in [-0.2, 0) is 0 Å². The highest BCUT2D eigenvalue weighted by atomic mass is 14.0. The monoisotopic (exact) mass is 200 g/mol. The summed E-state index contributed by atoms with van der Waals surface area (Å²) in [6, 6.07) is 20.8. The summed E-state index contributed by atoms with van der Waals surface area (Å²) >= 11 is 0. The minimum Gasteiger partial charge on any atom is -0.0776 e. The van der Waals surface area contributed by atoms with Gasteiger partial charge in [0.15, 0.2) is 0 Å². The molecule has 0 nitrogen and oxygen atoms in total. The van der Waals surface area contributed by atoms with Gasteiger partial charge >= 0.3 is 0 Å². The van der Waals surface area contributed by atoms with E-state index in [4.69, 9.17) is 0 Å². The van der Waals surface area contributed by atoms with E-state index in [0.717, 1.165) is 0 Å². The van der Waals surface area contributed by atoms with Crippen molar-refractivity contribution in [2.75, 3.05) is 0 Å². The van der Waals surface area contributed by atoms with Crippen LogP contribution >= 0.6 is 0 Å². The second-order valence-electron chi connectivity index (χ2n) is 2.73. The summed E-state index contributed by atoms with van der Waals surface area (Å²) in [6.45, 7) is 4.00. The molecule has 0 atom stereocenters. The Balaban J connectivity index is 0.000000617. The first-order valence-corrected chi connectivity index (χ1v) is 5.07. The smallest absolute Gasteiger partial charge is 0.0184 e. The van der Waals surface area contributed by atoms with Crippen molar-refractivity contribution >= 4 is 0 Å². The van der Waals surface area contributed by atoms with Crippen LogP contribution in [0, 0.1) is 0 Å². The van der Waals surface area contributed by atoms with Gasteiger partial charge in [-0.05, 0) is 11.1 Å². The average Bonchev–Trinajstić information content (AvgIpc) is 2.34. The Morgan fingerprint density at radius 3 is 1.07 bits per heavy atom. The number of hydrogen-bond donors (Lipinski definition) is 0. The Bertz CT molecular complexity index is 297. The minimum absolute atomic E-state index is 0. The van der Waals surface area contributed by atoms with Crippen molar-refractivity contribution in [2.24, 2.45) is 0 Å². The molecular formula is C15H20. The summed E-state index contributed by atoms with van der Waals surface area (Å²) in [7, 11) is 0. The van der Waals surface area contributed by atoms with Crippen LogP contribution in [-0.4, -0.2) is 0 Å². The molecule has 0 bridgehead atoms. The normalized spacial score (nSPS) is 8.13. The zero-order chi connectivity index (χ0) is 10.2. The molecule has 0 spiro atoms. The molecule has 2 rings (SSSR count). The molecule has 0 aliphatic heterocycles. The van der Waals surface area contributed by atoms with Crippen molar-refractivity contribution in [1.82, 2.24) is 0 Å². The van der Waals surface area contributed by atoms with Gasteiger partial charge in [0.1, 0.15) is 0 Å². The van der Waals surface area contributed by atoms with Gasteiger partial charge in [-0.3, -0.25) is 0 Å². The minimum atomic E-state index is 0. The Hall–Kier alpha value is -1.56. The molecule has 2 aromatic rings. The molecule has 0 saturated heterocycles. The van der Waals surface area contributed by atoms with Crippen LogP contribution in [0.25, 0.3) is 11.1 Å². The van der Waals surface area contributed by atoms with E-state index in [-0.39, 0.29) is 7.43 Å². The number of benzene rings is 2. The van der Waals surface area contributed by atoms with Gasteiger partial charge in [-0.25, -0.2) is 0 Å². The maximum atomic E-state index is 2.12. The molecule has 0 aliphatic rings. The molecular weight excluding hydrogens is 180 g/mol. The quantitative estimate of drug-likeness (QED) is 0.606. The van der Waals surface area contributed by atoms with Crippen molar-refractivity contribution in [2.45, 2.75) is 21.3 Å². The Labute approximate surface area is 93.6 Å². The SMILES string of the molecule is C.CC.c1ccc(-c2ccccc2)cc1. The molecule has 0 saturated carbocycles. The maximum Gasteiger partial charge on any atom is -0.0184 e. The standard InChI is InChI=1S/C12H10.C2H6.CH4/c1-3-7-11(8-4-1)12-9-5-2-6-10-12;1-2;/h1-10H;1-2H3;1H4. The second-order valence-corrected chi connectivity index (χ2v) is 2.73. The van der Waals surface area contributed by atoms with Crippen molar-refractivity contribution in [3.8, 4) is 11.1 Å². The Morgan fingerprint density at radius 1 is 0.533 bits per heavy atom. The molecule has 15 heavy (non-hydrogen) atoms. The zero-order valence-corrected chi connectivity index (χ0v) is 8.77. The van der Waals surface area contributed by atoms with Crippen LogP contribution in [0.15, 0.2) is 60.7 Å². The fraction of sp³-hybridized carbons (Fsp3) is 0.200. The summed E-state index contributed by atoms with van der Waals surface area (Å²) < 4.78 is 0. The van der Waals surface area contributed by atoms with Gasteiger partial charge in [-0.2, -0.15) is 0 Å². The van der Waals surface area contributed by atoms with E-state index in [9.17, 15) is 0 Å². The van der Waals surface area contributed by atoms with E-state index in [1.54, 1.807) is 0 Å². The molecule has 0 unspecified atom stereocenters. The molecule has 0 radical (unpaired) electrons. The van der Waals surface area contributed by atoms with E-state index in [0.29, 0.717) is 0 Å². The van der Waals surface area contributed by atoms with Crippen molar-refractivity contribution < 1.29 is 0 Å². The molecule has 0 heterocycles. The molecule has 0 heteroatoms. The number of hydrogen-bond acceptors (Lipinski definition) is 0. The molecule has 0 amide bonds. The third kappa shape index (κ3) is 3.99. The number of rotatable bonds is 1. The van der Waals surface area contributed by atoms with Crippen LogP contribution in [0.2, 0.25) is 0 Å². The summed E-state index contributed by atoms with van der Waals surface area (Å²) in [5.41, 5.74) is 2.55. The summed E-state index contributed by atoms with van der Waals surface area (Å²) in [4.78, 5) is 0. The van der Waals surface area contributed by atoms with Crippen LogP contribution in [0.1, 0.15) is 21.3 Å². The lowest BCUT2D eigenvalue weighted by molar-refractivity contribution is 1.50. The van der Waals surface area contributed by atoms with Gasteiger partial charge in [0, 0.05) is 0 Å². The zero-order valence-electron chi connectivity index (χ0n) is 8.77. The largest absolute Gasteiger partial charge is 0.0776 e. The predicted octanol–water partition coefficient (Wildman–Crippen LogP) is 5.02. The summed E-state index contributed by atoms with van der Waals surface area (Å²) in [5, 5.41) is 0.